The smallest absolute Gasteiger partial charge is 0.232 e. The molecule has 0 aromatic carbocycles. The molecule has 0 saturated carbocycles. The molecule has 2 rings (SSSR count). The molecule has 1 amide bonds. The maximum atomic E-state index is 11.1. The molecule has 1 fully saturated rings. The van der Waals surface area contributed by atoms with Crippen molar-refractivity contribution in [3.8, 4) is 0 Å². The van der Waals surface area contributed by atoms with E-state index in [0.717, 1.165) is 13.1 Å². The van der Waals surface area contributed by atoms with Crippen LogP contribution in [0.2, 0.25) is 0 Å². The predicted octanol–water partition coefficient (Wildman–Crippen LogP) is -1.16. The molecule has 1 aromatic heterocycles. The van der Waals surface area contributed by atoms with E-state index in [2.05, 4.69) is 25.6 Å². The molecule has 20 heavy (non-hydrogen) atoms. The fourth-order valence-corrected chi connectivity index (χ4v) is 1.78. The first kappa shape index (κ1) is 14.3. The Kier molecular flexibility index (Phi) is 4.88. The lowest BCUT2D eigenvalue weighted by atomic mass is 10.4. The molecule has 0 bridgehead atoms. The van der Waals surface area contributed by atoms with Gasteiger partial charge in [0.2, 0.25) is 23.8 Å². The second-order valence-corrected chi connectivity index (χ2v) is 4.27. The van der Waals surface area contributed by atoms with Gasteiger partial charge in [-0.15, -0.1) is 0 Å². The van der Waals surface area contributed by atoms with Gasteiger partial charge in [0.25, 0.3) is 0 Å². The lowest BCUT2D eigenvalue weighted by Crippen LogP contribution is -2.37. The van der Waals surface area contributed by atoms with Crippen molar-refractivity contribution in [1.82, 2.24) is 20.3 Å². The summed E-state index contributed by atoms with van der Waals surface area (Å²) >= 11 is 0. The van der Waals surface area contributed by atoms with E-state index in [0.29, 0.717) is 38.1 Å². The largest absolute Gasteiger partial charge is 0.378 e. The second-order valence-electron chi connectivity index (χ2n) is 4.27. The number of nitrogens with zero attached hydrogens (tertiary/aromatic N) is 4. The summed E-state index contributed by atoms with van der Waals surface area (Å²) in [5.41, 5.74) is 5.68. The van der Waals surface area contributed by atoms with Crippen LogP contribution in [-0.2, 0) is 9.53 Å². The number of aromatic nitrogens is 3. The Morgan fingerprint density at radius 3 is 2.80 bits per heavy atom. The highest BCUT2D eigenvalue weighted by Gasteiger charge is 2.15. The van der Waals surface area contributed by atoms with Gasteiger partial charge in [-0.2, -0.15) is 15.0 Å². The molecule has 2 heterocycles. The third kappa shape index (κ3) is 3.92. The van der Waals surface area contributed by atoms with Crippen LogP contribution >= 0.6 is 0 Å². The van der Waals surface area contributed by atoms with Crippen molar-refractivity contribution in [2.75, 3.05) is 55.8 Å². The average molecular weight is 281 g/mol. The monoisotopic (exact) mass is 281 g/mol. The summed E-state index contributed by atoms with van der Waals surface area (Å²) in [6.45, 7) is 3.17. The van der Waals surface area contributed by atoms with Gasteiger partial charge >= 0.3 is 0 Å². The summed E-state index contributed by atoms with van der Waals surface area (Å²) in [5, 5.41) is 5.52. The van der Waals surface area contributed by atoms with E-state index < -0.39 is 0 Å². The van der Waals surface area contributed by atoms with Crippen molar-refractivity contribution in [2.45, 2.75) is 6.42 Å². The van der Waals surface area contributed by atoms with Gasteiger partial charge in [0.1, 0.15) is 0 Å². The van der Waals surface area contributed by atoms with E-state index in [1.54, 1.807) is 7.05 Å². The molecular weight excluding hydrogens is 262 g/mol. The van der Waals surface area contributed by atoms with E-state index in [1.165, 1.54) is 0 Å². The van der Waals surface area contributed by atoms with Crippen LogP contribution in [0.5, 0.6) is 0 Å². The first-order chi connectivity index (χ1) is 9.69. The predicted molar refractivity (Wildman–Crippen MR) is 74.4 cm³/mol. The first-order valence-electron chi connectivity index (χ1n) is 6.47. The topological polar surface area (TPSA) is 118 Å². The van der Waals surface area contributed by atoms with E-state index in [1.807, 2.05) is 4.90 Å². The zero-order valence-electron chi connectivity index (χ0n) is 11.4. The molecule has 1 aliphatic rings. The number of carbonyl (C=O) groups excluding carboxylic acids is 1. The molecule has 110 valence electrons. The minimum absolute atomic E-state index is 0.0482. The van der Waals surface area contributed by atoms with Gasteiger partial charge in [-0.25, -0.2) is 0 Å². The van der Waals surface area contributed by atoms with Crippen molar-refractivity contribution >= 4 is 23.8 Å². The fourth-order valence-electron chi connectivity index (χ4n) is 1.78. The minimum atomic E-state index is -0.0482. The van der Waals surface area contributed by atoms with Crippen molar-refractivity contribution in [3.05, 3.63) is 0 Å². The molecule has 1 aromatic rings. The van der Waals surface area contributed by atoms with Crippen LogP contribution in [0.4, 0.5) is 17.8 Å². The highest BCUT2D eigenvalue weighted by Crippen LogP contribution is 2.13. The first-order valence-corrected chi connectivity index (χ1v) is 6.47. The quantitative estimate of drug-likeness (QED) is 0.618. The van der Waals surface area contributed by atoms with E-state index in [4.69, 9.17) is 10.5 Å². The molecule has 9 nitrogen and oxygen atoms in total. The molecule has 0 aliphatic carbocycles. The molecule has 4 N–H and O–H groups in total. The number of nitrogens with one attached hydrogen (secondary N) is 2. The maximum Gasteiger partial charge on any atom is 0.232 e. The highest BCUT2D eigenvalue weighted by atomic mass is 16.5. The Balaban J connectivity index is 1.98. The van der Waals surface area contributed by atoms with Gasteiger partial charge in [-0.1, -0.05) is 0 Å². The maximum absolute atomic E-state index is 11.1. The number of rotatable bonds is 5. The molecule has 9 heteroatoms. The zero-order chi connectivity index (χ0) is 14.4. The van der Waals surface area contributed by atoms with Gasteiger partial charge in [0.15, 0.2) is 0 Å². The number of carbonyl (C=O) groups is 1. The lowest BCUT2D eigenvalue weighted by molar-refractivity contribution is -0.120. The SMILES string of the molecule is CNC(=O)CCNc1nc(N)nc(N2CCOCC2)n1. The summed E-state index contributed by atoms with van der Waals surface area (Å²) in [6.07, 6.45) is 0.342. The third-order valence-corrected chi connectivity index (χ3v) is 2.85. The Hall–Kier alpha value is -2.16. The van der Waals surface area contributed by atoms with E-state index in [9.17, 15) is 4.79 Å². The second kappa shape index (κ2) is 6.85. The summed E-state index contributed by atoms with van der Waals surface area (Å²) < 4.78 is 5.28. The Morgan fingerprint density at radius 2 is 2.10 bits per heavy atom. The van der Waals surface area contributed by atoms with Gasteiger partial charge in [-0.05, 0) is 0 Å². The van der Waals surface area contributed by atoms with Crippen LogP contribution < -0.4 is 21.3 Å². The number of hydrogen-bond donors (Lipinski definition) is 3. The van der Waals surface area contributed by atoms with Crippen molar-refractivity contribution in [3.63, 3.8) is 0 Å². The number of amides is 1. The van der Waals surface area contributed by atoms with Crippen LogP contribution in [0, 0.1) is 0 Å². The minimum Gasteiger partial charge on any atom is -0.378 e. The fraction of sp³-hybridized carbons (Fsp3) is 0.636. The van der Waals surface area contributed by atoms with Gasteiger partial charge in [-0.3, -0.25) is 4.79 Å². The Labute approximate surface area is 116 Å². The number of morpholine rings is 1. The molecule has 0 atom stereocenters. The summed E-state index contributed by atoms with van der Waals surface area (Å²) in [5.74, 6) is 1.02. The van der Waals surface area contributed by atoms with Crippen LogP contribution in [-0.4, -0.2) is 60.8 Å². The molecule has 0 spiro atoms. The number of anilines is 3. The number of ether oxygens (including phenoxy) is 1. The van der Waals surface area contributed by atoms with Crippen LogP contribution in [0.15, 0.2) is 0 Å². The van der Waals surface area contributed by atoms with E-state index in [-0.39, 0.29) is 11.9 Å². The molecule has 0 unspecified atom stereocenters. The van der Waals surface area contributed by atoms with Crippen LogP contribution in [0.3, 0.4) is 0 Å². The van der Waals surface area contributed by atoms with Crippen LogP contribution in [0.1, 0.15) is 6.42 Å². The average Bonchev–Trinajstić information content (AvgIpc) is 2.47. The van der Waals surface area contributed by atoms with Crippen molar-refractivity contribution in [2.24, 2.45) is 0 Å². The van der Waals surface area contributed by atoms with Crippen LogP contribution in [0.25, 0.3) is 0 Å². The van der Waals surface area contributed by atoms with Gasteiger partial charge in [0, 0.05) is 33.1 Å². The number of nitrogens with two attached hydrogens (primary N) is 1. The highest BCUT2D eigenvalue weighted by molar-refractivity contribution is 5.75. The standard InChI is InChI=1S/C11H19N7O2/c1-13-8(19)2-3-14-10-15-9(12)16-11(17-10)18-4-6-20-7-5-18/h2-7H2,1H3,(H,13,19)(H3,12,14,15,16,17). The normalized spacial score (nSPS) is 14.9. The zero-order valence-corrected chi connectivity index (χ0v) is 11.4. The van der Waals surface area contributed by atoms with Crippen molar-refractivity contribution in [1.29, 1.82) is 0 Å². The van der Waals surface area contributed by atoms with Gasteiger partial charge in [0.05, 0.1) is 13.2 Å². The number of nitrogen functional groups attached to an aromatic ring is 1. The van der Waals surface area contributed by atoms with E-state index >= 15 is 0 Å². The molecule has 1 aliphatic heterocycles. The molecule has 0 radical (unpaired) electrons. The third-order valence-electron chi connectivity index (χ3n) is 2.85. The van der Waals surface area contributed by atoms with Gasteiger partial charge < -0.3 is 26.0 Å². The summed E-state index contributed by atoms with van der Waals surface area (Å²) in [7, 11) is 1.60. The lowest BCUT2D eigenvalue weighted by Gasteiger charge is -2.26. The molecular formula is C11H19N7O2. The number of hydrogen-bond acceptors (Lipinski definition) is 8. The van der Waals surface area contributed by atoms with Crippen molar-refractivity contribution < 1.29 is 9.53 Å². The Morgan fingerprint density at radius 1 is 1.35 bits per heavy atom. The Bertz CT molecular complexity index is 462. The summed E-state index contributed by atoms with van der Waals surface area (Å²) in [6, 6.07) is 0. The molecule has 1 saturated heterocycles. The summed E-state index contributed by atoms with van der Waals surface area (Å²) in [4.78, 5) is 25.6.